The molecule has 0 aliphatic rings. The fourth-order valence-corrected chi connectivity index (χ4v) is 1.22. The van der Waals surface area contributed by atoms with Crippen molar-refractivity contribution in [2.75, 3.05) is 11.9 Å². The van der Waals surface area contributed by atoms with Crippen LogP contribution in [0.3, 0.4) is 0 Å². The Morgan fingerprint density at radius 1 is 1.50 bits per heavy atom. The second-order valence-electron chi connectivity index (χ2n) is 3.39. The zero-order chi connectivity index (χ0) is 13.5. The second-order valence-corrected chi connectivity index (χ2v) is 3.39. The molecule has 1 aromatic rings. The number of hydrogen-bond acceptors (Lipinski definition) is 3. The maximum atomic E-state index is 13.4. The third-order valence-corrected chi connectivity index (χ3v) is 1.97. The van der Waals surface area contributed by atoms with E-state index in [1.165, 1.54) is 18.2 Å². The highest BCUT2D eigenvalue weighted by molar-refractivity contribution is 5.84. The summed E-state index contributed by atoms with van der Waals surface area (Å²) in [5, 5.41) is 10.8. The SMILES string of the molecule is C=CCOC(=O)Nc1ccc(CC(=O)O)c(F)c1. The predicted molar refractivity (Wildman–Crippen MR) is 62.9 cm³/mol. The van der Waals surface area contributed by atoms with Gasteiger partial charge in [-0.25, -0.2) is 9.18 Å². The number of carboxylic acid groups (broad SMARTS) is 1. The van der Waals surface area contributed by atoms with E-state index in [1.54, 1.807) is 0 Å². The van der Waals surface area contributed by atoms with Crippen LogP contribution in [-0.4, -0.2) is 23.8 Å². The monoisotopic (exact) mass is 253 g/mol. The molecule has 0 saturated carbocycles. The summed E-state index contributed by atoms with van der Waals surface area (Å²) in [4.78, 5) is 21.6. The Kier molecular flexibility index (Phi) is 4.86. The quantitative estimate of drug-likeness (QED) is 0.789. The lowest BCUT2D eigenvalue weighted by Crippen LogP contribution is -2.14. The summed E-state index contributed by atoms with van der Waals surface area (Å²) in [6.45, 7) is 3.42. The van der Waals surface area contributed by atoms with Gasteiger partial charge in [0.1, 0.15) is 12.4 Å². The Morgan fingerprint density at radius 3 is 2.78 bits per heavy atom. The van der Waals surface area contributed by atoms with Crippen molar-refractivity contribution >= 4 is 17.7 Å². The maximum absolute atomic E-state index is 13.4. The second kappa shape index (κ2) is 6.39. The van der Waals surface area contributed by atoms with Crippen LogP contribution < -0.4 is 5.32 Å². The summed E-state index contributed by atoms with van der Waals surface area (Å²) in [6.07, 6.45) is 0.253. The van der Waals surface area contributed by atoms with E-state index in [1.807, 2.05) is 0 Å². The number of nitrogens with one attached hydrogen (secondary N) is 1. The standard InChI is InChI=1S/C12H12FNO4/c1-2-5-18-12(17)14-9-4-3-8(6-11(15)16)10(13)7-9/h2-4,7H,1,5-6H2,(H,14,17)(H,15,16). The van der Waals surface area contributed by atoms with E-state index in [2.05, 4.69) is 16.6 Å². The number of amides is 1. The molecule has 1 amide bonds. The van der Waals surface area contributed by atoms with Crippen molar-refractivity contribution in [1.29, 1.82) is 0 Å². The van der Waals surface area contributed by atoms with Crippen LogP contribution in [0, 0.1) is 5.82 Å². The van der Waals surface area contributed by atoms with E-state index in [0.717, 1.165) is 6.07 Å². The molecule has 5 nitrogen and oxygen atoms in total. The molecule has 0 radical (unpaired) electrons. The first-order valence-corrected chi connectivity index (χ1v) is 5.08. The van der Waals surface area contributed by atoms with Gasteiger partial charge in [-0.05, 0) is 17.7 Å². The fourth-order valence-electron chi connectivity index (χ4n) is 1.22. The van der Waals surface area contributed by atoms with Crippen molar-refractivity contribution < 1.29 is 23.8 Å². The molecule has 0 aromatic heterocycles. The summed E-state index contributed by atoms with van der Waals surface area (Å²) < 4.78 is 18.1. The van der Waals surface area contributed by atoms with Gasteiger partial charge < -0.3 is 9.84 Å². The lowest BCUT2D eigenvalue weighted by molar-refractivity contribution is -0.136. The number of hydrogen-bond donors (Lipinski definition) is 2. The first kappa shape index (κ1) is 13.7. The highest BCUT2D eigenvalue weighted by Gasteiger charge is 2.09. The number of ether oxygens (including phenoxy) is 1. The first-order valence-electron chi connectivity index (χ1n) is 5.08. The number of anilines is 1. The number of carboxylic acids is 1. The first-order chi connectivity index (χ1) is 8.52. The van der Waals surface area contributed by atoms with Crippen LogP contribution in [0.2, 0.25) is 0 Å². The third kappa shape index (κ3) is 4.25. The van der Waals surface area contributed by atoms with Crippen molar-refractivity contribution in [3.8, 4) is 0 Å². The molecular weight excluding hydrogens is 241 g/mol. The molecular formula is C12H12FNO4. The van der Waals surface area contributed by atoms with E-state index < -0.39 is 24.3 Å². The lowest BCUT2D eigenvalue weighted by atomic mass is 10.1. The van der Waals surface area contributed by atoms with E-state index in [4.69, 9.17) is 5.11 Å². The average Bonchev–Trinajstić information content (AvgIpc) is 2.29. The summed E-state index contributed by atoms with van der Waals surface area (Å²) >= 11 is 0. The smallest absolute Gasteiger partial charge is 0.411 e. The van der Waals surface area contributed by atoms with Crippen LogP contribution in [0.5, 0.6) is 0 Å². The van der Waals surface area contributed by atoms with Gasteiger partial charge in [-0.15, -0.1) is 0 Å². The number of halogens is 1. The van der Waals surface area contributed by atoms with Crippen molar-refractivity contribution in [2.24, 2.45) is 0 Å². The molecule has 0 fully saturated rings. The minimum atomic E-state index is -1.12. The summed E-state index contributed by atoms with van der Waals surface area (Å²) in [5.74, 6) is -1.82. The van der Waals surface area contributed by atoms with Crippen LogP contribution in [0.1, 0.15) is 5.56 Å². The van der Waals surface area contributed by atoms with Gasteiger partial charge in [0, 0.05) is 5.69 Å². The largest absolute Gasteiger partial charge is 0.481 e. The number of aliphatic carboxylic acids is 1. The molecule has 0 bridgehead atoms. The summed E-state index contributed by atoms with van der Waals surface area (Å²) in [6, 6.07) is 3.73. The minimum absolute atomic E-state index is 0.0470. The Morgan fingerprint density at radius 2 is 2.22 bits per heavy atom. The van der Waals surface area contributed by atoms with Gasteiger partial charge in [0.2, 0.25) is 0 Å². The molecule has 0 heterocycles. The van der Waals surface area contributed by atoms with Crippen LogP contribution >= 0.6 is 0 Å². The molecule has 0 atom stereocenters. The Hall–Kier alpha value is -2.37. The molecule has 0 saturated heterocycles. The molecule has 0 spiro atoms. The third-order valence-electron chi connectivity index (χ3n) is 1.97. The van der Waals surface area contributed by atoms with Crippen molar-refractivity contribution in [2.45, 2.75) is 6.42 Å². The molecule has 0 unspecified atom stereocenters. The maximum Gasteiger partial charge on any atom is 0.411 e. The zero-order valence-electron chi connectivity index (χ0n) is 9.48. The van der Waals surface area contributed by atoms with E-state index in [9.17, 15) is 14.0 Å². The lowest BCUT2D eigenvalue weighted by Gasteiger charge is -2.07. The van der Waals surface area contributed by atoms with E-state index in [-0.39, 0.29) is 17.9 Å². The highest BCUT2D eigenvalue weighted by atomic mass is 19.1. The highest BCUT2D eigenvalue weighted by Crippen LogP contribution is 2.15. The Labute approximate surface area is 103 Å². The Balaban J connectivity index is 2.69. The number of carbonyl (C=O) groups excluding carboxylic acids is 1. The average molecular weight is 253 g/mol. The normalized spacial score (nSPS) is 9.61. The molecule has 18 heavy (non-hydrogen) atoms. The van der Waals surface area contributed by atoms with Gasteiger partial charge in [-0.1, -0.05) is 18.7 Å². The van der Waals surface area contributed by atoms with Crippen molar-refractivity contribution in [3.63, 3.8) is 0 Å². The number of rotatable bonds is 5. The van der Waals surface area contributed by atoms with E-state index in [0.29, 0.717) is 0 Å². The van der Waals surface area contributed by atoms with Gasteiger partial charge in [0.05, 0.1) is 6.42 Å². The van der Waals surface area contributed by atoms with Crippen LogP contribution in [0.25, 0.3) is 0 Å². The van der Waals surface area contributed by atoms with Crippen LogP contribution in [-0.2, 0) is 16.0 Å². The van der Waals surface area contributed by atoms with Crippen molar-refractivity contribution in [3.05, 3.63) is 42.2 Å². The van der Waals surface area contributed by atoms with Crippen molar-refractivity contribution in [1.82, 2.24) is 0 Å². The predicted octanol–water partition coefficient (Wildman–Crippen LogP) is 2.19. The Bertz CT molecular complexity index is 473. The van der Waals surface area contributed by atoms with Gasteiger partial charge in [-0.2, -0.15) is 0 Å². The molecule has 6 heteroatoms. The molecule has 1 rings (SSSR count). The molecule has 0 aliphatic heterocycles. The molecule has 96 valence electrons. The van der Waals surface area contributed by atoms with Gasteiger partial charge in [0.25, 0.3) is 0 Å². The number of benzene rings is 1. The summed E-state index contributed by atoms with van der Waals surface area (Å²) in [5.41, 5.74) is 0.239. The number of carbonyl (C=O) groups is 2. The molecule has 1 aromatic carbocycles. The molecule has 0 aliphatic carbocycles. The zero-order valence-corrected chi connectivity index (χ0v) is 9.48. The minimum Gasteiger partial charge on any atom is -0.481 e. The van der Waals surface area contributed by atoms with Crippen LogP contribution in [0.4, 0.5) is 14.9 Å². The topological polar surface area (TPSA) is 75.6 Å². The fraction of sp³-hybridized carbons (Fsp3) is 0.167. The van der Waals surface area contributed by atoms with Gasteiger partial charge >= 0.3 is 12.1 Å². The summed E-state index contributed by atoms with van der Waals surface area (Å²) in [7, 11) is 0. The molecule has 2 N–H and O–H groups in total. The van der Waals surface area contributed by atoms with E-state index >= 15 is 0 Å². The van der Waals surface area contributed by atoms with Gasteiger partial charge in [0.15, 0.2) is 0 Å². The van der Waals surface area contributed by atoms with Gasteiger partial charge in [-0.3, -0.25) is 10.1 Å². The van der Waals surface area contributed by atoms with Crippen LogP contribution in [0.15, 0.2) is 30.9 Å².